The molecule has 2 heterocycles. The summed E-state index contributed by atoms with van der Waals surface area (Å²) >= 11 is 0. The summed E-state index contributed by atoms with van der Waals surface area (Å²) in [5.41, 5.74) is 0.879. The third-order valence-corrected chi connectivity index (χ3v) is 3.70. The van der Waals surface area contributed by atoms with Crippen LogP contribution in [0.3, 0.4) is 0 Å². The van der Waals surface area contributed by atoms with Gasteiger partial charge in [0.1, 0.15) is 12.0 Å². The molecule has 118 valence electrons. The minimum Gasteiger partial charge on any atom is -0.364 e. The molecule has 1 fully saturated rings. The van der Waals surface area contributed by atoms with Crippen molar-refractivity contribution in [2.45, 2.75) is 39.3 Å². The molecule has 1 aromatic rings. The molecule has 6 heteroatoms. The Morgan fingerprint density at radius 3 is 2.81 bits per heavy atom. The van der Waals surface area contributed by atoms with E-state index in [4.69, 9.17) is 4.52 Å². The van der Waals surface area contributed by atoms with Gasteiger partial charge in [0.05, 0.1) is 6.54 Å². The Bertz CT molecular complexity index is 421. The molecule has 0 aliphatic carbocycles. The summed E-state index contributed by atoms with van der Waals surface area (Å²) in [5, 5.41) is 10.6. The van der Waals surface area contributed by atoms with Gasteiger partial charge in [-0.25, -0.2) is 0 Å². The Morgan fingerprint density at radius 2 is 2.24 bits per heavy atom. The van der Waals surface area contributed by atoms with Crippen molar-refractivity contribution in [3.63, 3.8) is 0 Å². The van der Waals surface area contributed by atoms with Crippen LogP contribution in [-0.2, 0) is 6.54 Å². The first-order valence-corrected chi connectivity index (χ1v) is 7.76. The monoisotopic (exact) mass is 293 g/mol. The lowest BCUT2D eigenvalue weighted by Crippen LogP contribution is -2.49. The molecule has 0 bridgehead atoms. The molecular weight excluding hydrogens is 266 g/mol. The number of hydrogen-bond acceptors (Lipinski definition) is 4. The van der Waals surface area contributed by atoms with Crippen LogP contribution in [0.25, 0.3) is 0 Å². The quantitative estimate of drug-likeness (QED) is 0.635. The van der Waals surface area contributed by atoms with Gasteiger partial charge in [0.2, 0.25) is 0 Å². The van der Waals surface area contributed by atoms with Gasteiger partial charge in [-0.3, -0.25) is 4.99 Å². The van der Waals surface area contributed by atoms with E-state index in [0.29, 0.717) is 12.6 Å². The molecular formula is C15H27N5O. The Kier molecular flexibility index (Phi) is 6.04. The lowest BCUT2D eigenvalue weighted by atomic mass is 10.0. The lowest BCUT2D eigenvalue weighted by molar-refractivity contribution is 0.187. The number of aliphatic imine (C=N–C) groups is 1. The molecule has 1 saturated heterocycles. The summed E-state index contributed by atoms with van der Waals surface area (Å²) < 4.78 is 4.82. The van der Waals surface area contributed by atoms with E-state index in [1.165, 1.54) is 6.54 Å². The van der Waals surface area contributed by atoms with E-state index in [-0.39, 0.29) is 0 Å². The Morgan fingerprint density at radius 1 is 1.48 bits per heavy atom. The van der Waals surface area contributed by atoms with Gasteiger partial charge >= 0.3 is 0 Å². The zero-order valence-electron chi connectivity index (χ0n) is 13.3. The highest BCUT2D eigenvalue weighted by Gasteiger charge is 2.20. The van der Waals surface area contributed by atoms with E-state index in [9.17, 15) is 0 Å². The summed E-state index contributed by atoms with van der Waals surface area (Å²) in [6.07, 6.45) is 3.91. The van der Waals surface area contributed by atoms with E-state index < -0.39 is 0 Å². The number of guanidine groups is 1. The molecule has 0 unspecified atom stereocenters. The largest absolute Gasteiger partial charge is 0.364 e. The second kappa shape index (κ2) is 8.02. The van der Waals surface area contributed by atoms with Crippen LogP contribution in [0.2, 0.25) is 0 Å². The highest BCUT2D eigenvalue weighted by atomic mass is 16.5. The van der Waals surface area contributed by atoms with Crippen molar-refractivity contribution in [2.24, 2.45) is 10.9 Å². The number of nitrogens with zero attached hydrogens (tertiary/aromatic N) is 3. The minimum absolute atomic E-state index is 0.497. The fraction of sp³-hybridized carbons (Fsp3) is 0.733. The van der Waals surface area contributed by atoms with Gasteiger partial charge in [-0.05, 0) is 18.8 Å². The molecule has 6 nitrogen and oxygen atoms in total. The van der Waals surface area contributed by atoms with Gasteiger partial charge in [0.15, 0.2) is 5.96 Å². The van der Waals surface area contributed by atoms with E-state index in [1.54, 1.807) is 13.3 Å². The Hall–Kier alpha value is -1.56. The highest BCUT2D eigenvalue weighted by molar-refractivity contribution is 5.79. The van der Waals surface area contributed by atoms with Gasteiger partial charge in [-0.2, -0.15) is 0 Å². The number of likely N-dealkylation sites (tertiary alicyclic amines) is 1. The number of rotatable bonds is 5. The number of aromatic nitrogens is 1. The summed E-state index contributed by atoms with van der Waals surface area (Å²) in [6.45, 7) is 8.71. The van der Waals surface area contributed by atoms with E-state index in [2.05, 4.69) is 39.5 Å². The summed E-state index contributed by atoms with van der Waals surface area (Å²) in [4.78, 5) is 6.82. The number of hydrogen-bond donors (Lipinski definition) is 2. The first kappa shape index (κ1) is 15.8. The fourth-order valence-corrected chi connectivity index (χ4v) is 2.67. The van der Waals surface area contributed by atoms with Gasteiger partial charge in [0, 0.05) is 38.8 Å². The standard InChI is InChI=1S/C15H27N5O/c1-12(2)11-20-7-4-13(5-8-20)18-15(16-3)17-10-14-6-9-21-19-14/h6,9,12-13H,4-5,7-8,10-11H2,1-3H3,(H2,16,17,18). The van der Waals surface area contributed by atoms with Crippen molar-refractivity contribution in [3.05, 3.63) is 18.0 Å². The molecule has 0 aromatic carbocycles. The predicted molar refractivity (Wildman–Crippen MR) is 84.1 cm³/mol. The van der Waals surface area contributed by atoms with Gasteiger partial charge in [0.25, 0.3) is 0 Å². The zero-order chi connectivity index (χ0) is 15.1. The molecule has 0 amide bonds. The lowest BCUT2D eigenvalue weighted by Gasteiger charge is -2.33. The molecule has 2 N–H and O–H groups in total. The van der Waals surface area contributed by atoms with Crippen molar-refractivity contribution >= 4 is 5.96 Å². The maximum absolute atomic E-state index is 4.82. The third kappa shape index (κ3) is 5.38. The van der Waals surface area contributed by atoms with Crippen LogP contribution in [0, 0.1) is 5.92 Å². The van der Waals surface area contributed by atoms with Crippen LogP contribution < -0.4 is 10.6 Å². The smallest absolute Gasteiger partial charge is 0.191 e. The summed E-state index contributed by atoms with van der Waals surface area (Å²) in [5.74, 6) is 1.58. The van der Waals surface area contributed by atoms with Crippen molar-refractivity contribution < 1.29 is 4.52 Å². The predicted octanol–water partition coefficient (Wildman–Crippen LogP) is 1.46. The SMILES string of the molecule is CN=C(NCc1ccon1)NC1CCN(CC(C)C)CC1. The van der Waals surface area contributed by atoms with Crippen molar-refractivity contribution in [1.82, 2.24) is 20.7 Å². The van der Waals surface area contributed by atoms with Crippen LogP contribution in [0.15, 0.2) is 21.8 Å². The molecule has 0 spiro atoms. The van der Waals surface area contributed by atoms with Crippen LogP contribution >= 0.6 is 0 Å². The molecule has 0 atom stereocenters. The molecule has 21 heavy (non-hydrogen) atoms. The molecule has 1 aliphatic heterocycles. The van der Waals surface area contributed by atoms with Crippen molar-refractivity contribution in [2.75, 3.05) is 26.7 Å². The normalized spacial score (nSPS) is 18.2. The van der Waals surface area contributed by atoms with Crippen molar-refractivity contribution in [3.8, 4) is 0 Å². The van der Waals surface area contributed by atoms with Gasteiger partial charge in [-0.1, -0.05) is 19.0 Å². The highest BCUT2D eigenvalue weighted by Crippen LogP contribution is 2.12. The average molecular weight is 293 g/mol. The van der Waals surface area contributed by atoms with Gasteiger partial charge in [-0.15, -0.1) is 0 Å². The second-order valence-corrected chi connectivity index (χ2v) is 6.03. The summed E-state index contributed by atoms with van der Waals surface area (Å²) in [6, 6.07) is 2.35. The van der Waals surface area contributed by atoms with E-state index in [0.717, 1.165) is 43.5 Å². The molecule has 2 rings (SSSR count). The van der Waals surface area contributed by atoms with Crippen LogP contribution in [0.4, 0.5) is 0 Å². The number of piperidine rings is 1. The van der Waals surface area contributed by atoms with Crippen LogP contribution in [-0.4, -0.2) is 48.7 Å². The Labute approximate surface area is 127 Å². The first-order chi connectivity index (χ1) is 10.2. The summed E-state index contributed by atoms with van der Waals surface area (Å²) in [7, 11) is 1.80. The third-order valence-electron chi connectivity index (χ3n) is 3.70. The fourth-order valence-electron chi connectivity index (χ4n) is 2.67. The second-order valence-electron chi connectivity index (χ2n) is 6.03. The van der Waals surface area contributed by atoms with Crippen molar-refractivity contribution in [1.29, 1.82) is 0 Å². The van der Waals surface area contributed by atoms with Gasteiger partial charge < -0.3 is 20.1 Å². The average Bonchev–Trinajstić information content (AvgIpc) is 2.98. The molecule has 0 saturated carbocycles. The minimum atomic E-state index is 0.497. The van der Waals surface area contributed by atoms with E-state index >= 15 is 0 Å². The topological polar surface area (TPSA) is 65.7 Å². The molecule has 1 aromatic heterocycles. The zero-order valence-corrected chi connectivity index (χ0v) is 13.3. The maximum atomic E-state index is 4.82. The van der Waals surface area contributed by atoms with Crippen LogP contribution in [0.1, 0.15) is 32.4 Å². The maximum Gasteiger partial charge on any atom is 0.191 e. The first-order valence-electron chi connectivity index (χ1n) is 7.76. The van der Waals surface area contributed by atoms with Crippen LogP contribution in [0.5, 0.6) is 0 Å². The number of nitrogens with one attached hydrogen (secondary N) is 2. The van der Waals surface area contributed by atoms with E-state index in [1.807, 2.05) is 6.07 Å². The Balaban J connectivity index is 1.71. The molecule has 1 aliphatic rings. The molecule has 0 radical (unpaired) electrons.